The number of rotatable bonds is 7. The molecule has 0 aromatic heterocycles. The van der Waals surface area contributed by atoms with Crippen LogP contribution in [0.4, 0.5) is 10.5 Å². The topological polar surface area (TPSA) is 44.8 Å². The molecule has 1 saturated heterocycles. The molecule has 1 aliphatic heterocycles. The van der Waals surface area contributed by atoms with Gasteiger partial charge in [0.05, 0.1) is 0 Å². The first-order valence-corrected chi connectivity index (χ1v) is 9.85. The van der Waals surface area contributed by atoms with Crippen molar-refractivity contribution in [2.24, 2.45) is 0 Å². The van der Waals surface area contributed by atoms with Crippen molar-refractivity contribution < 1.29 is 9.53 Å². The van der Waals surface area contributed by atoms with Crippen LogP contribution in [-0.4, -0.2) is 50.8 Å². The first-order chi connectivity index (χ1) is 13.7. The van der Waals surface area contributed by atoms with E-state index in [2.05, 4.69) is 58.6 Å². The van der Waals surface area contributed by atoms with E-state index < -0.39 is 0 Å². The summed E-state index contributed by atoms with van der Waals surface area (Å²) in [5, 5.41) is 2.77. The maximum atomic E-state index is 11.7. The lowest BCUT2D eigenvalue weighted by Crippen LogP contribution is -2.44. The Balaban J connectivity index is 1.34. The molecule has 5 nitrogen and oxygen atoms in total. The van der Waals surface area contributed by atoms with Crippen LogP contribution in [0.15, 0.2) is 60.7 Å². The summed E-state index contributed by atoms with van der Waals surface area (Å²) in [6.45, 7) is 5.24. The van der Waals surface area contributed by atoms with Crippen LogP contribution in [0, 0.1) is 0 Å². The quantitative estimate of drug-likeness (QED) is 0.744. The van der Waals surface area contributed by atoms with Crippen LogP contribution in [0.1, 0.15) is 17.5 Å². The summed E-state index contributed by atoms with van der Waals surface area (Å²) < 4.78 is 5.19. The number of benzene rings is 2. The van der Waals surface area contributed by atoms with Gasteiger partial charge < -0.3 is 19.9 Å². The average Bonchev–Trinajstić information content (AvgIpc) is 2.74. The summed E-state index contributed by atoms with van der Waals surface area (Å²) in [5.41, 5.74) is 3.44. The molecule has 2 aromatic carbocycles. The van der Waals surface area contributed by atoms with Crippen molar-refractivity contribution in [3.63, 3.8) is 0 Å². The monoisotopic (exact) mass is 379 g/mol. The Morgan fingerprint density at radius 3 is 2.46 bits per heavy atom. The van der Waals surface area contributed by atoms with Crippen LogP contribution < -0.4 is 10.2 Å². The number of hydrogen-bond acceptors (Lipinski definition) is 4. The van der Waals surface area contributed by atoms with Crippen LogP contribution in [0.3, 0.4) is 0 Å². The summed E-state index contributed by atoms with van der Waals surface area (Å²) in [5.74, 6) is 0. The molecule has 1 fully saturated rings. The molecule has 0 radical (unpaired) electrons. The predicted octanol–water partition coefficient (Wildman–Crippen LogP) is 3.77. The first kappa shape index (κ1) is 20.0. The first-order valence-electron chi connectivity index (χ1n) is 9.85. The molecule has 5 heteroatoms. The zero-order chi connectivity index (χ0) is 19.6. The second-order valence-corrected chi connectivity index (χ2v) is 7.06. The Bertz CT molecular complexity index is 751. The summed E-state index contributed by atoms with van der Waals surface area (Å²) in [7, 11) is 2.17. The second-order valence-electron chi connectivity index (χ2n) is 7.06. The van der Waals surface area contributed by atoms with Gasteiger partial charge in [-0.2, -0.15) is 0 Å². The number of carbonyl (C=O) groups excluding carboxylic acids is 1. The Kier molecular flexibility index (Phi) is 7.50. The van der Waals surface area contributed by atoms with Crippen molar-refractivity contribution in [3.05, 3.63) is 71.8 Å². The molecular weight excluding hydrogens is 350 g/mol. The highest BCUT2D eigenvalue weighted by Gasteiger charge is 2.13. The molecule has 1 heterocycles. The number of amides is 1. The number of ether oxygens (including phenoxy) is 1. The fourth-order valence-corrected chi connectivity index (χ4v) is 3.11. The number of carbonyl (C=O) groups is 1. The molecular formula is C23H29N3O2. The smallest absolute Gasteiger partial charge is 0.407 e. The van der Waals surface area contributed by atoms with Gasteiger partial charge in [0.15, 0.2) is 0 Å². The molecule has 0 saturated carbocycles. The van der Waals surface area contributed by atoms with Crippen molar-refractivity contribution >= 4 is 17.9 Å². The standard InChI is InChI=1S/C23H29N3O2/c1-25-15-17-26(18-16-25)22-12-10-20(11-13-22)7-5-6-14-24-23(27)28-19-21-8-3-2-4-9-21/h2-5,7-13H,6,14-19H2,1H3,(H,24,27). The van der Waals surface area contributed by atoms with E-state index in [1.54, 1.807) is 0 Å². The summed E-state index contributed by atoms with van der Waals surface area (Å²) >= 11 is 0. The van der Waals surface area contributed by atoms with Crippen LogP contribution in [0.25, 0.3) is 6.08 Å². The van der Waals surface area contributed by atoms with E-state index in [9.17, 15) is 4.79 Å². The summed E-state index contributed by atoms with van der Waals surface area (Å²) in [6, 6.07) is 18.3. The van der Waals surface area contributed by atoms with Crippen LogP contribution in [0.2, 0.25) is 0 Å². The number of nitrogens with zero attached hydrogens (tertiary/aromatic N) is 2. The van der Waals surface area contributed by atoms with Gasteiger partial charge in [-0.3, -0.25) is 0 Å². The maximum absolute atomic E-state index is 11.7. The normalized spacial score (nSPS) is 15.0. The lowest BCUT2D eigenvalue weighted by Gasteiger charge is -2.34. The van der Waals surface area contributed by atoms with Crippen molar-refractivity contribution in [2.75, 3.05) is 44.7 Å². The fraction of sp³-hybridized carbons (Fsp3) is 0.348. The lowest BCUT2D eigenvalue weighted by molar-refractivity contribution is 0.140. The molecule has 0 bridgehead atoms. The molecule has 28 heavy (non-hydrogen) atoms. The van der Waals surface area contributed by atoms with Gasteiger partial charge in [-0.15, -0.1) is 0 Å². The van der Waals surface area contributed by atoms with E-state index in [-0.39, 0.29) is 6.09 Å². The van der Waals surface area contributed by atoms with Gasteiger partial charge in [-0.05, 0) is 36.7 Å². The van der Waals surface area contributed by atoms with Gasteiger partial charge in [0.25, 0.3) is 0 Å². The molecule has 0 aliphatic carbocycles. The molecule has 1 amide bonds. The van der Waals surface area contributed by atoms with Crippen molar-refractivity contribution in [1.82, 2.24) is 10.2 Å². The molecule has 1 aliphatic rings. The minimum absolute atomic E-state index is 0.294. The highest BCUT2D eigenvalue weighted by atomic mass is 16.5. The molecule has 0 unspecified atom stereocenters. The van der Waals surface area contributed by atoms with E-state index in [4.69, 9.17) is 4.74 Å². The van der Waals surface area contributed by atoms with Gasteiger partial charge in [-0.1, -0.05) is 54.6 Å². The lowest BCUT2D eigenvalue weighted by atomic mass is 10.1. The highest BCUT2D eigenvalue weighted by Crippen LogP contribution is 2.17. The number of anilines is 1. The minimum Gasteiger partial charge on any atom is -0.445 e. The zero-order valence-corrected chi connectivity index (χ0v) is 16.5. The largest absolute Gasteiger partial charge is 0.445 e. The zero-order valence-electron chi connectivity index (χ0n) is 16.5. The Hall–Kier alpha value is -2.79. The molecule has 2 aromatic rings. The van der Waals surface area contributed by atoms with Crippen molar-refractivity contribution in [2.45, 2.75) is 13.0 Å². The second kappa shape index (κ2) is 10.5. The van der Waals surface area contributed by atoms with Crippen LogP contribution >= 0.6 is 0 Å². The summed E-state index contributed by atoms with van der Waals surface area (Å²) in [6.07, 6.45) is 4.54. The van der Waals surface area contributed by atoms with E-state index >= 15 is 0 Å². The molecule has 148 valence electrons. The van der Waals surface area contributed by atoms with E-state index in [0.29, 0.717) is 13.2 Å². The Labute approximate surface area is 167 Å². The Morgan fingerprint density at radius 1 is 1.04 bits per heavy atom. The van der Waals surface area contributed by atoms with Gasteiger partial charge in [0, 0.05) is 38.4 Å². The molecule has 0 atom stereocenters. The maximum Gasteiger partial charge on any atom is 0.407 e. The minimum atomic E-state index is -0.381. The number of piperazine rings is 1. The predicted molar refractivity (Wildman–Crippen MR) is 114 cm³/mol. The third-order valence-electron chi connectivity index (χ3n) is 4.86. The van der Waals surface area contributed by atoms with Gasteiger partial charge in [-0.25, -0.2) is 4.79 Å². The summed E-state index contributed by atoms with van der Waals surface area (Å²) in [4.78, 5) is 16.5. The number of likely N-dealkylation sites (N-methyl/N-ethyl adjacent to an activating group) is 1. The molecule has 1 N–H and O–H groups in total. The number of nitrogens with one attached hydrogen (secondary N) is 1. The molecule has 3 rings (SSSR count). The van der Waals surface area contributed by atoms with E-state index in [0.717, 1.165) is 38.2 Å². The fourth-order valence-electron chi connectivity index (χ4n) is 3.11. The Morgan fingerprint density at radius 2 is 1.75 bits per heavy atom. The van der Waals surface area contributed by atoms with Crippen LogP contribution in [-0.2, 0) is 11.3 Å². The van der Waals surface area contributed by atoms with Crippen LogP contribution in [0.5, 0.6) is 0 Å². The van der Waals surface area contributed by atoms with Gasteiger partial charge >= 0.3 is 6.09 Å². The van der Waals surface area contributed by atoms with Crippen molar-refractivity contribution in [1.29, 1.82) is 0 Å². The molecule has 0 spiro atoms. The highest BCUT2D eigenvalue weighted by molar-refractivity contribution is 5.67. The number of alkyl carbamates (subject to hydrolysis) is 1. The average molecular weight is 380 g/mol. The third-order valence-corrected chi connectivity index (χ3v) is 4.86. The van der Waals surface area contributed by atoms with Gasteiger partial charge in [0.2, 0.25) is 0 Å². The van der Waals surface area contributed by atoms with E-state index in [1.165, 1.54) is 11.3 Å². The third kappa shape index (κ3) is 6.43. The number of hydrogen-bond donors (Lipinski definition) is 1. The van der Waals surface area contributed by atoms with Crippen molar-refractivity contribution in [3.8, 4) is 0 Å². The van der Waals surface area contributed by atoms with E-state index in [1.807, 2.05) is 30.3 Å². The van der Waals surface area contributed by atoms with Gasteiger partial charge in [0.1, 0.15) is 6.61 Å². The SMILES string of the molecule is CN1CCN(c2ccc(C=CCCNC(=O)OCc3ccccc3)cc2)CC1.